The van der Waals surface area contributed by atoms with Crippen molar-refractivity contribution in [2.45, 2.75) is 19.4 Å². The van der Waals surface area contributed by atoms with Gasteiger partial charge in [0.1, 0.15) is 0 Å². The van der Waals surface area contributed by atoms with Crippen LogP contribution in [0.2, 0.25) is 5.02 Å². The molecule has 0 aliphatic heterocycles. The minimum absolute atomic E-state index is 0.0564. The van der Waals surface area contributed by atoms with E-state index in [4.69, 9.17) is 16.3 Å². The number of amides is 2. The maximum atomic E-state index is 12.2. The van der Waals surface area contributed by atoms with Crippen molar-refractivity contribution in [3.63, 3.8) is 0 Å². The predicted octanol–water partition coefficient (Wildman–Crippen LogP) is 4.16. The van der Waals surface area contributed by atoms with E-state index in [9.17, 15) is 9.59 Å². The van der Waals surface area contributed by atoms with Crippen LogP contribution in [0.4, 0.5) is 10.5 Å². The van der Waals surface area contributed by atoms with E-state index in [0.717, 1.165) is 5.56 Å². The Morgan fingerprint density at radius 3 is 2.54 bits per heavy atom. The summed E-state index contributed by atoms with van der Waals surface area (Å²) in [6.07, 6.45) is 0.0564. The smallest absolute Gasteiger partial charge is 0.319 e. The van der Waals surface area contributed by atoms with Crippen LogP contribution in [-0.2, 0) is 9.53 Å². The van der Waals surface area contributed by atoms with Crippen LogP contribution in [0.15, 0.2) is 54.6 Å². The van der Waals surface area contributed by atoms with Gasteiger partial charge in [0.25, 0.3) is 0 Å². The molecule has 5 nitrogen and oxygen atoms in total. The zero-order valence-electron chi connectivity index (χ0n) is 13.3. The number of halogens is 1. The molecule has 0 bridgehead atoms. The van der Waals surface area contributed by atoms with Gasteiger partial charge in [-0.3, -0.25) is 4.79 Å². The number of esters is 1. The highest BCUT2D eigenvalue weighted by atomic mass is 35.5. The molecule has 0 aromatic heterocycles. The van der Waals surface area contributed by atoms with Gasteiger partial charge in [-0.1, -0.05) is 48.0 Å². The van der Waals surface area contributed by atoms with Gasteiger partial charge in [-0.15, -0.1) is 0 Å². The van der Waals surface area contributed by atoms with Crippen molar-refractivity contribution in [1.82, 2.24) is 5.32 Å². The number of nitrogens with one attached hydrogen (secondary N) is 2. The lowest BCUT2D eigenvalue weighted by atomic mass is 10.0. The molecular formula is C18H19ClN2O3. The fraction of sp³-hybridized carbons (Fsp3) is 0.222. The van der Waals surface area contributed by atoms with E-state index < -0.39 is 12.1 Å². The van der Waals surface area contributed by atoms with Gasteiger partial charge in [-0.05, 0) is 30.7 Å². The number of rotatable bonds is 6. The number of anilines is 1. The summed E-state index contributed by atoms with van der Waals surface area (Å²) >= 11 is 5.90. The van der Waals surface area contributed by atoms with Gasteiger partial charge in [-0.25, -0.2) is 4.79 Å². The minimum atomic E-state index is -0.482. The lowest BCUT2D eigenvalue weighted by Gasteiger charge is -2.19. The van der Waals surface area contributed by atoms with Crippen molar-refractivity contribution in [3.05, 3.63) is 65.2 Å². The third-order valence-corrected chi connectivity index (χ3v) is 3.50. The summed E-state index contributed by atoms with van der Waals surface area (Å²) in [5.41, 5.74) is 1.40. The van der Waals surface area contributed by atoms with Crippen molar-refractivity contribution in [2.75, 3.05) is 11.9 Å². The first-order valence-corrected chi connectivity index (χ1v) is 8.00. The third-order valence-electron chi connectivity index (χ3n) is 3.27. The van der Waals surface area contributed by atoms with Gasteiger partial charge in [0.05, 0.1) is 19.1 Å². The Hall–Kier alpha value is -2.53. The second-order valence-electron chi connectivity index (χ2n) is 5.08. The fourth-order valence-corrected chi connectivity index (χ4v) is 2.41. The van der Waals surface area contributed by atoms with Crippen molar-refractivity contribution in [2.24, 2.45) is 0 Å². The Kier molecular flexibility index (Phi) is 6.63. The third kappa shape index (κ3) is 5.59. The van der Waals surface area contributed by atoms with Crippen LogP contribution in [-0.4, -0.2) is 18.6 Å². The molecule has 24 heavy (non-hydrogen) atoms. The number of ether oxygens (including phenoxy) is 1. The largest absolute Gasteiger partial charge is 0.466 e. The molecule has 6 heteroatoms. The van der Waals surface area contributed by atoms with E-state index in [-0.39, 0.29) is 12.4 Å². The quantitative estimate of drug-likeness (QED) is 0.772. The Labute approximate surface area is 146 Å². The average Bonchev–Trinajstić information content (AvgIpc) is 2.55. The monoisotopic (exact) mass is 346 g/mol. The molecule has 0 heterocycles. The number of carbonyl (C=O) groups excluding carboxylic acids is 2. The molecule has 2 aromatic rings. The molecule has 0 aliphatic rings. The lowest BCUT2D eigenvalue weighted by Crippen LogP contribution is -2.34. The van der Waals surface area contributed by atoms with E-state index >= 15 is 0 Å². The molecule has 1 atom stereocenters. The van der Waals surface area contributed by atoms with Crippen molar-refractivity contribution in [1.29, 1.82) is 0 Å². The van der Waals surface area contributed by atoms with E-state index in [2.05, 4.69) is 10.6 Å². The molecule has 0 saturated heterocycles. The van der Waals surface area contributed by atoms with Crippen LogP contribution < -0.4 is 10.6 Å². The summed E-state index contributed by atoms with van der Waals surface area (Å²) < 4.78 is 4.98. The van der Waals surface area contributed by atoms with Crippen LogP contribution in [0.25, 0.3) is 0 Å². The van der Waals surface area contributed by atoms with Gasteiger partial charge >= 0.3 is 12.0 Å². The zero-order chi connectivity index (χ0) is 17.4. The normalized spacial score (nSPS) is 11.4. The summed E-state index contributed by atoms with van der Waals surface area (Å²) in [5.74, 6) is -0.366. The molecule has 126 valence electrons. The molecule has 0 radical (unpaired) electrons. The predicted molar refractivity (Wildman–Crippen MR) is 94.0 cm³/mol. The van der Waals surface area contributed by atoms with E-state index in [1.54, 1.807) is 31.2 Å². The summed E-state index contributed by atoms with van der Waals surface area (Å²) in [5, 5.41) is 6.03. The summed E-state index contributed by atoms with van der Waals surface area (Å²) in [4.78, 5) is 24.0. The van der Waals surface area contributed by atoms with Gasteiger partial charge in [-0.2, -0.15) is 0 Å². The SMILES string of the molecule is CCOC(=O)CC(NC(=O)Nc1cccc(Cl)c1)c1ccccc1. The minimum Gasteiger partial charge on any atom is -0.466 e. The molecular weight excluding hydrogens is 328 g/mol. The molecule has 0 aliphatic carbocycles. The number of hydrogen-bond donors (Lipinski definition) is 2. The number of benzene rings is 2. The number of carbonyl (C=O) groups is 2. The summed E-state index contributed by atoms with van der Waals surface area (Å²) in [6, 6.07) is 15.2. The molecule has 2 rings (SSSR count). The van der Waals surface area contributed by atoms with Gasteiger partial charge in [0.15, 0.2) is 0 Å². The Morgan fingerprint density at radius 2 is 1.88 bits per heavy atom. The molecule has 0 spiro atoms. The standard InChI is InChI=1S/C18H19ClN2O3/c1-2-24-17(22)12-16(13-7-4-3-5-8-13)21-18(23)20-15-10-6-9-14(19)11-15/h3-11,16H,2,12H2,1H3,(H2,20,21,23). The highest BCUT2D eigenvalue weighted by molar-refractivity contribution is 6.30. The first kappa shape index (κ1) is 17.8. The molecule has 2 aromatic carbocycles. The number of urea groups is 1. The van der Waals surface area contributed by atoms with Gasteiger partial charge in [0, 0.05) is 10.7 Å². The summed E-state index contributed by atoms with van der Waals surface area (Å²) in [6.45, 7) is 2.05. The van der Waals surface area contributed by atoms with Crippen molar-refractivity contribution in [3.8, 4) is 0 Å². The molecule has 0 fully saturated rings. The molecule has 1 unspecified atom stereocenters. The van der Waals surface area contributed by atoms with E-state index in [0.29, 0.717) is 17.3 Å². The zero-order valence-corrected chi connectivity index (χ0v) is 14.0. The first-order chi connectivity index (χ1) is 11.6. The first-order valence-electron chi connectivity index (χ1n) is 7.62. The number of hydrogen-bond acceptors (Lipinski definition) is 3. The van der Waals surface area contributed by atoms with Crippen LogP contribution in [0.5, 0.6) is 0 Å². The molecule has 0 saturated carbocycles. The van der Waals surface area contributed by atoms with Crippen molar-refractivity contribution >= 4 is 29.3 Å². The fourth-order valence-electron chi connectivity index (χ4n) is 2.22. The maximum Gasteiger partial charge on any atom is 0.319 e. The van der Waals surface area contributed by atoms with Crippen LogP contribution in [0.3, 0.4) is 0 Å². The Morgan fingerprint density at radius 1 is 1.12 bits per heavy atom. The van der Waals surface area contributed by atoms with Gasteiger partial charge in [0.2, 0.25) is 0 Å². The Balaban J connectivity index is 2.06. The van der Waals surface area contributed by atoms with E-state index in [1.807, 2.05) is 30.3 Å². The van der Waals surface area contributed by atoms with Gasteiger partial charge < -0.3 is 15.4 Å². The highest BCUT2D eigenvalue weighted by Gasteiger charge is 2.19. The van der Waals surface area contributed by atoms with E-state index in [1.165, 1.54) is 0 Å². The molecule has 2 amide bonds. The summed E-state index contributed by atoms with van der Waals surface area (Å²) in [7, 11) is 0. The lowest BCUT2D eigenvalue weighted by molar-refractivity contribution is -0.143. The highest BCUT2D eigenvalue weighted by Crippen LogP contribution is 2.19. The molecule has 2 N–H and O–H groups in total. The topological polar surface area (TPSA) is 67.4 Å². The van der Waals surface area contributed by atoms with Crippen LogP contribution in [0.1, 0.15) is 24.9 Å². The van der Waals surface area contributed by atoms with Crippen molar-refractivity contribution < 1.29 is 14.3 Å². The average molecular weight is 347 g/mol. The Bertz CT molecular complexity index is 692. The second kappa shape index (κ2) is 8.93. The second-order valence-corrected chi connectivity index (χ2v) is 5.52. The van der Waals surface area contributed by atoms with Crippen LogP contribution >= 0.6 is 11.6 Å². The maximum absolute atomic E-state index is 12.2. The van der Waals surface area contributed by atoms with Crippen LogP contribution in [0, 0.1) is 0 Å².